The number of hydrogen-bond donors (Lipinski definition) is 1. The Morgan fingerprint density at radius 1 is 1.12 bits per heavy atom. The fraction of sp³-hybridized carbons (Fsp3) is 0.579. The van der Waals surface area contributed by atoms with Crippen LogP contribution in [-0.2, 0) is 26.1 Å². The third-order valence-electron chi connectivity index (χ3n) is 4.39. The van der Waals surface area contributed by atoms with Gasteiger partial charge in [0, 0.05) is 19.5 Å². The Morgan fingerprint density at radius 2 is 1.96 bits per heavy atom. The van der Waals surface area contributed by atoms with Crippen LogP contribution in [0.5, 0.6) is 11.5 Å². The lowest BCUT2D eigenvalue weighted by Gasteiger charge is -2.15. The van der Waals surface area contributed by atoms with E-state index in [1.165, 1.54) is 19.3 Å². The molecule has 1 N–H and O–H groups in total. The zero-order valence-electron chi connectivity index (χ0n) is 15.8. The van der Waals surface area contributed by atoms with Crippen LogP contribution >= 0.6 is 12.4 Å². The predicted molar refractivity (Wildman–Crippen MR) is 104 cm³/mol. The van der Waals surface area contributed by atoms with Gasteiger partial charge in [-0.3, -0.25) is 0 Å². The quantitative estimate of drug-likeness (QED) is 0.796. The number of halogens is 1. The molecular formula is C19H29ClN4O2. The summed E-state index contributed by atoms with van der Waals surface area (Å²) in [5, 5.41) is 12.2. The van der Waals surface area contributed by atoms with Crippen LogP contribution in [0.1, 0.15) is 50.3 Å². The summed E-state index contributed by atoms with van der Waals surface area (Å²) in [6, 6.07) is 6.06. The summed E-state index contributed by atoms with van der Waals surface area (Å²) in [5.74, 6) is 3.71. The number of fused-ring (bicyclic) bond motifs is 1. The Bertz CT molecular complexity index is 703. The van der Waals surface area contributed by atoms with Gasteiger partial charge in [-0.1, -0.05) is 12.5 Å². The lowest BCUT2D eigenvalue weighted by Crippen LogP contribution is -2.17. The molecule has 2 heterocycles. The summed E-state index contributed by atoms with van der Waals surface area (Å²) in [5.41, 5.74) is 1.16. The summed E-state index contributed by atoms with van der Waals surface area (Å²) in [4.78, 5) is 0. The van der Waals surface area contributed by atoms with Crippen LogP contribution in [-0.4, -0.2) is 28.0 Å². The van der Waals surface area contributed by atoms with E-state index in [1.807, 2.05) is 26.0 Å². The van der Waals surface area contributed by atoms with Crippen molar-refractivity contribution in [2.75, 3.05) is 7.11 Å². The van der Waals surface area contributed by atoms with Crippen LogP contribution in [0, 0.1) is 0 Å². The van der Waals surface area contributed by atoms with Crippen LogP contribution in [0.3, 0.4) is 0 Å². The fourth-order valence-corrected chi connectivity index (χ4v) is 3.17. The number of methoxy groups -OCH3 is 1. The molecule has 3 rings (SSSR count). The van der Waals surface area contributed by atoms with E-state index in [9.17, 15) is 0 Å². The molecular weight excluding hydrogens is 352 g/mol. The number of nitrogens with one attached hydrogen (secondary N) is 1. The van der Waals surface area contributed by atoms with E-state index >= 15 is 0 Å². The summed E-state index contributed by atoms with van der Waals surface area (Å²) in [6.45, 7) is 6.53. The van der Waals surface area contributed by atoms with Gasteiger partial charge < -0.3 is 19.4 Å². The Kier molecular flexibility index (Phi) is 7.72. The van der Waals surface area contributed by atoms with E-state index in [0.717, 1.165) is 54.8 Å². The molecule has 0 spiro atoms. The number of ether oxygens (including phenoxy) is 2. The third-order valence-corrected chi connectivity index (χ3v) is 4.39. The van der Waals surface area contributed by atoms with E-state index < -0.39 is 0 Å². The normalized spacial score (nSPS) is 13.7. The highest BCUT2D eigenvalue weighted by atomic mass is 35.5. The molecule has 1 aliphatic heterocycles. The minimum atomic E-state index is 0. The molecule has 1 aliphatic rings. The molecule has 0 amide bonds. The summed E-state index contributed by atoms with van der Waals surface area (Å²) in [6.07, 6.45) is 4.88. The van der Waals surface area contributed by atoms with Crippen molar-refractivity contribution in [2.24, 2.45) is 0 Å². The van der Waals surface area contributed by atoms with E-state index in [0.29, 0.717) is 0 Å². The number of hydrogen-bond acceptors (Lipinski definition) is 5. The lowest BCUT2D eigenvalue weighted by molar-refractivity contribution is 0.230. The second-order valence-electron chi connectivity index (χ2n) is 6.75. The van der Waals surface area contributed by atoms with E-state index in [1.54, 1.807) is 7.11 Å². The minimum absolute atomic E-state index is 0. The second kappa shape index (κ2) is 9.78. The van der Waals surface area contributed by atoms with Crippen LogP contribution in [0.2, 0.25) is 0 Å². The van der Waals surface area contributed by atoms with Crippen molar-refractivity contribution in [2.45, 2.75) is 65.3 Å². The first-order valence-electron chi connectivity index (χ1n) is 9.12. The highest BCUT2D eigenvalue weighted by molar-refractivity contribution is 5.85. The Balaban J connectivity index is 0.00000243. The molecule has 0 fully saturated rings. The molecule has 1 aromatic carbocycles. The van der Waals surface area contributed by atoms with Gasteiger partial charge >= 0.3 is 0 Å². The molecule has 144 valence electrons. The maximum absolute atomic E-state index is 5.76. The van der Waals surface area contributed by atoms with Crippen molar-refractivity contribution >= 4 is 12.4 Å². The molecule has 0 radical (unpaired) electrons. The maximum atomic E-state index is 5.76. The SMILES string of the molecule is COc1cc(CNCc2nnc3n2CCCCC3)ccc1OC(C)C.Cl. The van der Waals surface area contributed by atoms with Crippen LogP contribution in [0.4, 0.5) is 0 Å². The van der Waals surface area contributed by atoms with Crippen molar-refractivity contribution in [3.8, 4) is 11.5 Å². The van der Waals surface area contributed by atoms with Gasteiger partial charge in [-0.25, -0.2) is 0 Å². The second-order valence-corrected chi connectivity index (χ2v) is 6.75. The number of nitrogens with zero attached hydrogens (tertiary/aromatic N) is 3. The molecule has 0 unspecified atom stereocenters. The molecule has 2 aromatic rings. The van der Waals surface area contributed by atoms with Gasteiger partial charge in [0.2, 0.25) is 0 Å². The Labute approximate surface area is 161 Å². The number of aryl methyl sites for hydroxylation is 1. The predicted octanol–water partition coefficient (Wildman–Crippen LogP) is 3.51. The molecule has 7 heteroatoms. The van der Waals surface area contributed by atoms with Gasteiger partial charge in [-0.05, 0) is 44.4 Å². The molecule has 6 nitrogen and oxygen atoms in total. The van der Waals surface area contributed by atoms with Gasteiger partial charge in [0.15, 0.2) is 11.5 Å². The summed E-state index contributed by atoms with van der Waals surface area (Å²) in [7, 11) is 1.67. The van der Waals surface area contributed by atoms with Crippen LogP contribution in [0.25, 0.3) is 0 Å². The largest absolute Gasteiger partial charge is 0.493 e. The monoisotopic (exact) mass is 380 g/mol. The van der Waals surface area contributed by atoms with E-state index in [4.69, 9.17) is 9.47 Å². The first kappa shape index (κ1) is 20.5. The van der Waals surface area contributed by atoms with Crippen LogP contribution < -0.4 is 14.8 Å². The number of aromatic nitrogens is 3. The zero-order chi connectivity index (χ0) is 17.6. The molecule has 26 heavy (non-hydrogen) atoms. The molecule has 0 saturated carbocycles. The highest BCUT2D eigenvalue weighted by Crippen LogP contribution is 2.29. The minimum Gasteiger partial charge on any atom is -0.493 e. The molecule has 0 aliphatic carbocycles. The molecule has 0 atom stereocenters. The molecule has 0 saturated heterocycles. The van der Waals surface area contributed by atoms with Gasteiger partial charge in [-0.15, -0.1) is 22.6 Å². The maximum Gasteiger partial charge on any atom is 0.161 e. The average Bonchev–Trinajstić information content (AvgIpc) is 2.82. The lowest BCUT2D eigenvalue weighted by atomic mass is 10.2. The summed E-state index contributed by atoms with van der Waals surface area (Å²) >= 11 is 0. The molecule has 0 bridgehead atoms. The third kappa shape index (κ3) is 5.11. The first-order valence-corrected chi connectivity index (χ1v) is 9.12. The Hall–Kier alpha value is -1.79. The van der Waals surface area contributed by atoms with Crippen molar-refractivity contribution in [3.05, 3.63) is 35.4 Å². The average molecular weight is 381 g/mol. The van der Waals surface area contributed by atoms with Crippen molar-refractivity contribution < 1.29 is 9.47 Å². The smallest absolute Gasteiger partial charge is 0.161 e. The van der Waals surface area contributed by atoms with Crippen LogP contribution in [0.15, 0.2) is 18.2 Å². The fourth-order valence-electron chi connectivity index (χ4n) is 3.17. The summed E-state index contributed by atoms with van der Waals surface area (Å²) < 4.78 is 13.5. The van der Waals surface area contributed by atoms with E-state index in [2.05, 4.69) is 26.1 Å². The first-order chi connectivity index (χ1) is 12.2. The number of rotatable bonds is 7. The highest BCUT2D eigenvalue weighted by Gasteiger charge is 2.14. The van der Waals surface area contributed by atoms with Gasteiger partial charge in [0.25, 0.3) is 0 Å². The van der Waals surface area contributed by atoms with Gasteiger partial charge in [-0.2, -0.15) is 0 Å². The standard InChI is InChI=1S/C19H28N4O2.ClH/c1-14(2)25-16-9-8-15(11-17(16)24-3)12-20-13-19-22-21-18-7-5-4-6-10-23(18)19;/h8-9,11,14,20H,4-7,10,12-13H2,1-3H3;1H. The Morgan fingerprint density at radius 3 is 2.73 bits per heavy atom. The topological polar surface area (TPSA) is 61.2 Å². The van der Waals surface area contributed by atoms with Crippen molar-refractivity contribution in [1.82, 2.24) is 20.1 Å². The number of benzene rings is 1. The van der Waals surface area contributed by atoms with Gasteiger partial charge in [0.1, 0.15) is 11.6 Å². The van der Waals surface area contributed by atoms with Gasteiger partial charge in [0.05, 0.1) is 19.8 Å². The van der Waals surface area contributed by atoms with Crippen molar-refractivity contribution in [1.29, 1.82) is 0 Å². The van der Waals surface area contributed by atoms with Crippen molar-refractivity contribution in [3.63, 3.8) is 0 Å². The van der Waals surface area contributed by atoms with E-state index in [-0.39, 0.29) is 18.5 Å². The zero-order valence-corrected chi connectivity index (χ0v) is 16.6. The molecule has 1 aromatic heterocycles.